The molecule has 0 fully saturated rings. The van der Waals surface area contributed by atoms with Crippen molar-refractivity contribution in [2.24, 2.45) is 0 Å². The van der Waals surface area contributed by atoms with Gasteiger partial charge in [0.25, 0.3) is 0 Å². The molecule has 0 saturated carbocycles. The van der Waals surface area contributed by atoms with E-state index in [9.17, 15) is 4.79 Å². The number of rotatable bonds is 6. The van der Waals surface area contributed by atoms with E-state index in [1.54, 1.807) is 12.3 Å². The SMILES string of the molecule is Cc1ccccc1Cn1cc(NC(=O)/C=C/c2ccc(C(C)C)cc2)cn1. The van der Waals surface area contributed by atoms with Gasteiger partial charge in [0.1, 0.15) is 0 Å². The molecular formula is C23H25N3O. The average Bonchev–Trinajstić information content (AvgIpc) is 3.09. The minimum absolute atomic E-state index is 0.168. The first-order chi connectivity index (χ1) is 13.0. The predicted octanol–water partition coefficient (Wildman–Crippen LogP) is 5.02. The zero-order valence-corrected chi connectivity index (χ0v) is 16.0. The van der Waals surface area contributed by atoms with Crippen molar-refractivity contribution in [3.63, 3.8) is 0 Å². The second-order valence-electron chi connectivity index (χ2n) is 7.00. The van der Waals surface area contributed by atoms with Crippen molar-refractivity contribution in [1.29, 1.82) is 0 Å². The summed E-state index contributed by atoms with van der Waals surface area (Å²) in [5, 5.41) is 7.18. The predicted molar refractivity (Wildman–Crippen MR) is 111 cm³/mol. The van der Waals surface area contributed by atoms with Crippen LogP contribution in [0.15, 0.2) is 67.0 Å². The van der Waals surface area contributed by atoms with Crippen molar-refractivity contribution in [1.82, 2.24) is 9.78 Å². The third kappa shape index (κ3) is 5.17. The smallest absolute Gasteiger partial charge is 0.248 e. The van der Waals surface area contributed by atoms with E-state index in [4.69, 9.17) is 0 Å². The largest absolute Gasteiger partial charge is 0.320 e. The number of hydrogen-bond donors (Lipinski definition) is 1. The number of aryl methyl sites for hydroxylation is 1. The van der Waals surface area contributed by atoms with Crippen LogP contribution in [0.2, 0.25) is 0 Å². The normalized spacial score (nSPS) is 11.3. The number of anilines is 1. The molecule has 1 heterocycles. The highest BCUT2D eigenvalue weighted by Crippen LogP contribution is 2.15. The maximum atomic E-state index is 12.1. The first-order valence-electron chi connectivity index (χ1n) is 9.17. The number of benzene rings is 2. The highest BCUT2D eigenvalue weighted by molar-refractivity contribution is 6.01. The van der Waals surface area contributed by atoms with Gasteiger partial charge in [-0.3, -0.25) is 9.48 Å². The van der Waals surface area contributed by atoms with Crippen molar-refractivity contribution < 1.29 is 4.79 Å². The van der Waals surface area contributed by atoms with Gasteiger partial charge in [-0.15, -0.1) is 0 Å². The summed E-state index contributed by atoms with van der Waals surface area (Å²) in [4.78, 5) is 12.1. The van der Waals surface area contributed by atoms with Crippen LogP contribution in [0.25, 0.3) is 6.08 Å². The van der Waals surface area contributed by atoms with Crippen molar-refractivity contribution >= 4 is 17.7 Å². The van der Waals surface area contributed by atoms with Gasteiger partial charge in [-0.25, -0.2) is 0 Å². The van der Waals surface area contributed by atoms with Crippen molar-refractivity contribution in [3.05, 3.63) is 89.3 Å². The van der Waals surface area contributed by atoms with Crippen LogP contribution in [0.5, 0.6) is 0 Å². The van der Waals surface area contributed by atoms with Gasteiger partial charge in [-0.1, -0.05) is 62.4 Å². The molecule has 0 atom stereocenters. The summed E-state index contributed by atoms with van der Waals surface area (Å²) in [7, 11) is 0. The van der Waals surface area contributed by atoms with E-state index < -0.39 is 0 Å². The van der Waals surface area contributed by atoms with Gasteiger partial charge in [0, 0.05) is 12.3 Å². The third-order valence-corrected chi connectivity index (χ3v) is 4.52. The molecule has 0 aliphatic heterocycles. The van der Waals surface area contributed by atoms with E-state index in [0.29, 0.717) is 18.2 Å². The maximum Gasteiger partial charge on any atom is 0.248 e. The van der Waals surface area contributed by atoms with Gasteiger partial charge in [0.2, 0.25) is 5.91 Å². The lowest BCUT2D eigenvalue weighted by atomic mass is 10.0. The Labute approximate surface area is 160 Å². The molecule has 0 unspecified atom stereocenters. The van der Waals surface area contributed by atoms with Crippen LogP contribution >= 0.6 is 0 Å². The number of nitrogens with zero attached hydrogens (tertiary/aromatic N) is 2. The first kappa shape index (κ1) is 18.6. The van der Waals surface area contributed by atoms with E-state index in [0.717, 1.165) is 5.56 Å². The molecule has 27 heavy (non-hydrogen) atoms. The topological polar surface area (TPSA) is 46.9 Å². The second-order valence-corrected chi connectivity index (χ2v) is 7.00. The lowest BCUT2D eigenvalue weighted by Crippen LogP contribution is -2.07. The Bertz CT molecular complexity index is 936. The van der Waals surface area contributed by atoms with Crippen LogP contribution in [0, 0.1) is 6.92 Å². The van der Waals surface area contributed by atoms with Crippen molar-refractivity contribution in [2.75, 3.05) is 5.32 Å². The summed E-state index contributed by atoms with van der Waals surface area (Å²) in [6.07, 6.45) is 6.87. The van der Waals surface area contributed by atoms with Gasteiger partial charge in [-0.2, -0.15) is 5.10 Å². The van der Waals surface area contributed by atoms with Crippen LogP contribution in [-0.2, 0) is 11.3 Å². The zero-order valence-electron chi connectivity index (χ0n) is 16.0. The molecule has 0 saturated heterocycles. The number of amides is 1. The number of carbonyl (C=O) groups is 1. The third-order valence-electron chi connectivity index (χ3n) is 4.52. The van der Waals surface area contributed by atoms with Gasteiger partial charge < -0.3 is 5.32 Å². The molecule has 0 aliphatic rings. The number of aromatic nitrogens is 2. The van der Waals surface area contributed by atoms with E-state index in [-0.39, 0.29) is 5.91 Å². The molecule has 2 aromatic carbocycles. The summed E-state index contributed by atoms with van der Waals surface area (Å²) in [6.45, 7) is 7.09. The molecule has 138 valence electrons. The molecule has 0 bridgehead atoms. The Balaban J connectivity index is 1.58. The number of hydrogen-bond acceptors (Lipinski definition) is 2. The number of nitrogens with one attached hydrogen (secondary N) is 1. The van der Waals surface area contributed by atoms with E-state index >= 15 is 0 Å². The summed E-state index contributed by atoms with van der Waals surface area (Å²) in [6, 6.07) is 16.5. The molecule has 0 aliphatic carbocycles. The lowest BCUT2D eigenvalue weighted by molar-refractivity contribution is -0.111. The number of carbonyl (C=O) groups excluding carboxylic acids is 1. The van der Waals surface area contributed by atoms with Crippen molar-refractivity contribution in [2.45, 2.75) is 33.2 Å². The lowest BCUT2D eigenvalue weighted by Gasteiger charge is -2.05. The van der Waals surface area contributed by atoms with Crippen LogP contribution in [0.1, 0.15) is 42.0 Å². The van der Waals surface area contributed by atoms with Gasteiger partial charge in [0.05, 0.1) is 18.4 Å². The monoisotopic (exact) mass is 359 g/mol. The molecule has 0 radical (unpaired) electrons. The van der Waals surface area contributed by atoms with Crippen LogP contribution in [0.3, 0.4) is 0 Å². The molecule has 1 aromatic heterocycles. The molecule has 3 rings (SSSR count). The first-order valence-corrected chi connectivity index (χ1v) is 9.17. The summed E-state index contributed by atoms with van der Waals surface area (Å²) >= 11 is 0. The molecule has 4 nitrogen and oxygen atoms in total. The Morgan fingerprint density at radius 3 is 2.59 bits per heavy atom. The van der Waals surface area contributed by atoms with Crippen molar-refractivity contribution in [3.8, 4) is 0 Å². The molecule has 0 spiro atoms. The Morgan fingerprint density at radius 2 is 1.89 bits per heavy atom. The van der Waals surface area contributed by atoms with Gasteiger partial charge in [0.15, 0.2) is 0 Å². The second kappa shape index (κ2) is 8.49. The molecule has 1 amide bonds. The fourth-order valence-electron chi connectivity index (χ4n) is 2.82. The Kier molecular flexibility index (Phi) is 5.87. The van der Waals surface area contributed by atoms with Crippen LogP contribution < -0.4 is 5.32 Å². The quantitative estimate of drug-likeness (QED) is 0.629. The van der Waals surface area contributed by atoms with E-state index in [2.05, 4.69) is 55.5 Å². The minimum atomic E-state index is -0.168. The minimum Gasteiger partial charge on any atom is -0.320 e. The molecule has 3 aromatic rings. The van der Waals surface area contributed by atoms with Gasteiger partial charge in [-0.05, 0) is 41.2 Å². The highest BCUT2D eigenvalue weighted by Gasteiger charge is 2.04. The fraction of sp³-hybridized carbons (Fsp3) is 0.217. The highest BCUT2D eigenvalue weighted by atomic mass is 16.1. The standard InChI is InChI=1S/C23H25N3O/c1-17(2)20-11-8-19(9-12-20)10-13-23(27)25-22-14-24-26(16-22)15-21-7-5-4-6-18(21)3/h4-14,16-17H,15H2,1-3H3,(H,25,27)/b13-10+. The fourth-order valence-corrected chi connectivity index (χ4v) is 2.82. The maximum absolute atomic E-state index is 12.1. The summed E-state index contributed by atoms with van der Waals surface area (Å²) in [5.74, 6) is 0.334. The van der Waals surface area contributed by atoms with Crippen LogP contribution in [-0.4, -0.2) is 15.7 Å². The molecule has 4 heteroatoms. The van der Waals surface area contributed by atoms with E-state index in [1.165, 1.54) is 16.7 Å². The summed E-state index contributed by atoms with van der Waals surface area (Å²) < 4.78 is 1.83. The molecular weight excluding hydrogens is 334 g/mol. The average molecular weight is 359 g/mol. The van der Waals surface area contributed by atoms with Crippen LogP contribution in [0.4, 0.5) is 5.69 Å². The van der Waals surface area contributed by atoms with Gasteiger partial charge >= 0.3 is 0 Å². The molecule has 1 N–H and O–H groups in total. The summed E-state index contributed by atoms with van der Waals surface area (Å²) in [5.41, 5.74) is 5.42. The Morgan fingerprint density at radius 1 is 1.15 bits per heavy atom. The van der Waals surface area contributed by atoms with E-state index in [1.807, 2.05) is 41.2 Å². The Hall–Kier alpha value is -3.14. The zero-order chi connectivity index (χ0) is 19.2.